The molecule has 28 heavy (non-hydrogen) atoms. The number of benzene rings is 1. The summed E-state index contributed by atoms with van der Waals surface area (Å²) < 4.78 is 54.0. The number of hydrogen-bond donors (Lipinski definition) is 2. The van der Waals surface area contributed by atoms with Crippen LogP contribution in [0.5, 0.6) is 0 Å². The molecular weight excluding hydrogens is 376 g/mol. The maximum atomic E-state index is 13.7. The SMILES string of the molecule is O=C(Nc1cccnc1)NC(c1cccc(F)c1)c1ncccc1C(F)(F)F. The number of nitrogens with one attached hydrogen (secondary N) is 2. The highest BCUT2D eigenvalue weighted by Gasteiger charge is 2.37. The van der Waals surface area contributed by atoms with Gasteiger partial charge < -0.3 is 10.6 Å². The third-order valence-electron chi connectivity index (χ3n) is 3.79. The maximum Gasteiger partial charge on any atom is 0.418 e. The molecule has 3 aromatic rings. The van der Waals surface area contributed by atoms with Gasteiger partial charge in [-0.1, -0.05) is 12.1 Å². The van der Waals surface area contributed by atoms with Gasteiger partial charge in [-0.05, 0) is 42.0 Å². The molecule has 0 aliphatic heterocycles. The summed E-state index contributed by atoms with van der Waals surface area (Å²) in [7, 11) is 0. The van der Waals surface area contributed by atoms with E-state index in [1.807, 2.05) is 0 Å². The minimum Gasteiger partial charge on any atom is -0.325 e. The van der Waals surface area contributed by atoms with Crippen molar-refractivity contribution in [2.24, 2.45) is 0 Å². The van der Waals surface area contributed by atoms with Gasteiger partial charge in [0.1, 0.15) is 5.82 Å². The fourth-order valence-corrected chi connectivity index (χ4v) is 2.62. The number of pyridine rings is 2. The fraction of sp³-hybridized carbons (Fsp3) is 0.105. The highest BCUT2D eigenvalue weighted by Crippen LogP contribution is 2.35. The Morgan fingerprint density at radius 1 is 1.04 bits per heavy atom. The molecule has 1 atom stereocenters. The van der Waals surface area contributed by atoms with Crippen molar-refractivity contribution >= 4 is 11.7 Å². The lowest BCUT2D eigenvalue weighted by atomic mass is 9.99. The van der Waals surface area contributed by atoms with Gasteiger partial charge in [-0.3, -0.25) is 9.97 Å². The van der Waals surface area contributed by atoms with Gasteiger partial charge in [-0.25, -0.2) is 9.18 Å². The monoisotopic (exact) mass is 390 g/mol. The number of hydrogen-bond acceptors (Lipinski definition) is 3. The molecule has 0 aliphatic rings. The average molecular weight is 390 g/mol. The number of halogens is 4. The number of carbonyl (C=O) groups is 1. The van der Waals surface area contributed by atoms with Crippen molar-refractivity contribution < 1.29 is 22.4 Å². The van der Waals surface area contributed by atoms with Crippen LogP contribution < -0.4 is 10.6 Å². The van der Waals surface area contributed by atoms with Crippen molar-refractivity contribution in [3.8, 4) is 0 Å². The number of carbonyl (C=O) groups excluding carboxylic acids is 1. The predicted octanol–water partition coefficient (Wildman–Crippen LogP) is 4.55. The molecule has 9 heteroatoms. The van der Waals surface area contributed by atoms with E-state index in [9.17, 15) is 22.4 Å². The van der Waals surface area contributed by atoms with Crippen LogP contribution in [0.4, 0.5) is 28.0 Å². The van der Waals surface area contributed by atoms with Crippen LogP contribution in [0.15, 0.2) is 67.1 Å². The lowest BCUT2D eigenvalue weighted by molar-refractivity contribution is -0.138. The molecule has 0 saturated heterocycles. The van der Waals surface area contributed by atoms with E-state index in [1.165, 1.54) is 30.7 Å². The van der Waals surface area contributed by atoms with Crippen molar-refractivity contribution in [1.29, 1.82) is 0 Å². The molecular formula is C19H14F4N4O. The minimum atomic E-state index is -4.70. The highest BCUT2D eigenvalue weighted by molar-refractivity contribution is 5.89. The van der Waals surface area contributed by atoms with Gasteiger partial charge in [0.25, 0.3) is 0 Å². The average Bonchev–Trinajstić information content (AvgIpc) is 2.66. The zero-order valence-corrected chi connectivity index (χ0v) is 14.2. The highest BCUT2D eigenvalue weighted by atomic mass is 19.4. The Hall–Kier alpha value is -3.49. The zero-order valence-electron chi connectivity index (χ0n) is 14.2. The number of amides is 2. The Balaban J connectivity index is 1.99. The Labute approximate surface area is 157 Å². The van der Waals surface area contributed by atoms with E-state index in [1.54, 1.807) is 12.1 Å². The van der Waals surface area contributed by atoms with E-state index in [2.05, 4.69) is 20.6 Å². The fourth-order valence-electron chi connectivity index (χ4n) is 2.62. The van der Waals surface area contributed by atoms with E-state index in [0.717, 1.165) is 24.3 Å². The van der Waals surface area contributed by atoms with Gasteiger partial charge in [-0.2, -0.15) is 13.2 Å². The molecule has 1 unspecified atom stereocenters. The number of rotatable bonds is 4. The van der Waals surface area contributed by atoms with Gasteiger partial charge in [-0.15, -0.1) is 0 Å². The van der Waals surface area contributed by atoms with Crippen LogP contribution in [0.2, 0.25) is 0 Å². The van der Waals surface area contributed by atoms with E-state index in [0.29, 0.717) is 5.69 Å². The quantitative estimate of drug-likeness (QED) is 0.643. The molecule has 1 aromatic carbocycles. The summed E-state index contributed by atoms with van der Waals surface area (Å²) in [6.45, 7) is 0. The molecule has 3 rings (SSSR count). The molecule has 2 aromatic heterocycles. The van der Waals surface area contributed by atoms with Gasteiger partial charge in [0.15, 0.2) is 0 Å². The number of anilines is 1. The Bertz CT molecular complexity index is 963. The summed E-state index contributed by atoms with van der Waals surface area (Å²) in [6, 6.07) is 7.97. The molecule has 0 aliphatic carbocycles. The summed E-state index contributed by atoms with van der Waals surface area (Å²) in [5, 5.41) is 4.90. The van der Waals surface area contributed by atoms with Crippen LogP contribution in [0.25, 0.3) is 0 Å². The number of nitrogens with zero attached hydrogens (tertiary/aromatic N) is 2. The van der Waals surface area contributed by atoms with Crippen LogP contribution in [0.1, 0.15) is 22.9 Å². The molecule has 2 N–H and O–H groups in total. The molecule has 0 spiro atoms. The smallest absolute Gasteiger partial charge is 0.325 e. The Morgan fingerprint density at radius 2 is 1.82 bits per heavy atom. The summed E-state index contributed by atoms with van der Waals surface area (Å²) in [5.74, 6) is -0.651. The molecule has 2 heterocycles. The molecule has 0 fully saturated rings. The third-order valence-corrected chi connectivity index (χ3v) is 3.79. The third kappa shape index (κ3) is 4.61. The van der Waals surface area contributed by atoms with E-state index < -0.39 is 35.3 Å². The molecule has 144 valence electrons. The first-order valence-electron chi connectivity index (χ1n) is 8.10. The summed E-state index contributed by atoms with van der Waals surface area (Å²) in [4.78, 5) is 20.0. The van der Waals surface area contributed by atoms with Crippen LogP contribution in [0, 0.1) is 5.82 Å². The van der Waals surface area contributed by atoms with Crippen LogP contribution >= 0.6 is 0 Å². The minimum absolute atomic E-state index is 0.116. The molecule has 0 radical (unpaired) electrons. The van der Waals surface area contributed by atoms with Gasteiger partial charge in [0.05, 0.1) is 29.2 Å². The first-order valence-corrected chi connectivity index (χ1v) is 8.10. The van der Waals surface area contributed by atoms with Gasteiger partial charge in [0, 0.05) is 12.4 Å². The summed E-state index contributed by atoms with van der Waals surface area (Å²) >= 11 is 0. The lowest BCUT2D eigenvalue weighted by Crippen LogP contribution is -2.35. The standard InChI is InChI=1S/C19H14F4N4O/c20-13-5-1-4-12(10-13)16(17-15(19(21,22)23)7-3-9-25-17)27-18(28)26-14-6-2-8-24-11-14/h1-11,16H,(H2,26,27,28). The summed E-state index contributed by atoms with van der Waals surface area (Å²) in [5.41, 5.74) is -1.01. The van der Waals surface area contributed by atoms with Crippen molar-refractivity contribution in [2.45, 2.75) is 12.2 Å². The topological polar surface area (TPSA) is 66.9 Å². The first-order chi connectivity index (χ1) is 13.3. The van der Waals surface area contributed by atoms with Crippen LogP contribution in [0.3, 0.4) is 0 Å². The Morgan fingerprint density at radius 3 is 2.50 bits per heavy atom. The van der Waals surface area contributed by atoms with Crippen molar-refractivity contribution in [3.05, 3.63) is 89.8 Å². The Kier molecular flexibility index (Phi) is 5.53. The number of urea groups is 1. The van der Waals surface area contributed by atoms with Crippen molar-refractivity contribution in [2.75, 3.05) is 5.32 Å². The molecule has 2 amide bonds. The normalized spacial score (nSPS) is 12.3. The van der Waals surface area contributed by atoms with Gasteiger partial charge in [0.2, 0.25) is 0 Å². The lowest BCUT2D eigenvalue weighted by Gasteiger charge is -2.22. The van der Waals surface area contributed by atoms with E-state index in [4.69, 9.17) is 0 Å². The zero-order chi connectivity index (χ0) is 20.1. The van der Waals surface area contributed by atoms with Gasteiger partial charge >= 0.3 is 12.2 Å². The van der Waals surface area contributed by atoms with Crippen molar-refractivity contribution in [3.63, 3.8) is 0 Å². The number of alkyl halides is 3. The maximum absolute atomic E-state index is 13.7. The predicted molar refractivity (Wildman–Crippen MR) is 93.9 cm³/mol. The summed E-state index contributed by atoms with van der Waals surface area (Å²) in [6.07, 6.45) is -0.644. The van der Waals surface area contributed by atoms with Crippen LogP contribution in [-0.2, 0) is 6.18 Å². The first kappa shape index (κ1) is 19.3. The molecule has 0 saturated carbocycles. The second-order valence-electron chi connectivity index (χ2n) is 5.76. The molecule has 0 bridgehead atoms. The molecule has 5 nitrogen and oxygen atoms in total. The van der Waals surface area contributed by atoms with Crippen molar-refractivity contribution in [1.82, 2.24) is 15.3 Å². The largest absolute Gasteiger partial charge is 0.418 e. The second kappa shape index (κ2) is 8.03. The number of aromatic nitrogens is 2. The second-order valence-corrected chi connectivity index (χ2v) is 5.76. The van der Waals surface area contributed by atoms with E-state index >= 15 is 0 Å². The van der Waals surface area contributed by atoms with Crippen LogP contribution in [-0.4, -0.2) is 16.0 Å². The van der Waals surface area contributed by atoms with E-state index in [-0.39, 0.29) is 5.56 Å².